The van der Waals surface area contributed by atoms with E-state index in [1.54, 1.807) is 0 Å². The molecule has 0 radical (unpaired) electrons. The molecule has 1 heterocycles. The number of carbonyl (C=O) groups is 1. The van der Waals surface area contributed by atoms with Crippen LogP contribution in [0.3, 0.4) is 0 Å². The summed E-state index contributed by atoms with van der Waals surface area (Å²) in [5, 5.41) is 7.07. The Morgan fingerprint density at radius 1 is 1.53 bits per heavy atom. The summed E-state index contributed by atoms with van der Waals surface area (Å²) in [5.74, 6) is 0.112. The molecule has 1 amide bonds. The Morgan fingerprint density at radius 3 is 3.11 bits per heavy atom. The van der Waals surface area contributed by atoms with Crippen molar-refractivity contribution >= 4 is 33.4 Å². The Kier molecular flexibility index (Phi) is 5.67. The molecule has 104 valence electrons. The molecular weight excluding hydrogens is 328 g/mol. The molecular formula is C14H18BrClN2O. The molecule has 1 saturated heterocycles. The highest BCUT2D eigenvalue weighted by Crippen LogP contribution is 2.22. The third kappa shape index (κ3) is 4.79. The summed E-state index contributed by atoms with van der Waals surface area (Å²) in [4.78, 5) is 11.9. The first-order chi connectivity index (χ1) is 9.15. The fourth-order valence-electron chi connectivity index (χ4n) is 2.26. The van der Waals surface area contributed by atoms with Gasteiger partial charge in [-0.2, -0.15) is 0 Å². The molecule has 1 aliphatic heterocycles. The summed E-state index contributed by atoms with van der Waals surface area (Å²) < 4.78 is 1.00. The van der Waals surface area contributed by atoms with Gasteiger partial charge in [-0.25, -0.2) is 0 Å². The molecule has 0 aliphatic carbocycles. The summed E-state index contributed by atoms with van der Waals surface area (Å²) in [6.45, 7) is 1.94. The molecule has 5 heteroatoms. The standard InChI is InChI=1S/C14H18BrClN2O/c15-13-5-4-11(16)8-10(13)3-6-14(19)18-12-2-1-7-17-9-12/h4-5,8,12,17H,1-3,6-7,9H2,(H,18,19). The maximum Gasteiger partial charge on any atom is 0.220 e. The van der Waals surface area contributed by atoms with E-state index in [-0.39, 0.29) is 11.9 Å². The van der Waals surface area contributed by atoms with E-state index >= 15 is 0 Å². The van der Waals surface area contributed by atoms with E-state index in [0.29, 0.717) is 17.9 Å². The molecule has 0 saturated carbocycles. The Balaban J connectivity index is 1.81. The monoisotopic (exact) mass is 344 g/mol. The smallest absolute Gasteiger partial charge is 0.220 e. The van der Waals surface area contributed by atoms with Crippen LogP contribution in [-0.4, -0.2) is 25.0 Å². The highest BCUT2D eigenvalue weighted by molar-refractivity contribution is 9.10. The van der Waals surface area contributed by atoms with E-state index < -0.39 is 0 Å². The topological polar surface area (TPSA) is 41.1 Å². The third-order valence-corrected chi connectivity index (χ3v) is 4.30. The summed E-state index contributed by atoms with van der Waals surface area (Å²) >= 11 is 9.44. The Bertz CT molecular complexity index is 447. The Labute approximate surface area is 127 Å². The van der Waals surface area contributed by atoms with E-state index in [4.69, 9.17) is 11.6 Å². The number of halogens is 2. The van der Waals surface area contributed by atoms with Crippen LogP contribution in [0, 0.1) is 0 Å². The van der Waals surface area contributed by atoms with Gasteiger partial charge >= 0.3 is 0 Å². The fourth-order valence-corrected chi connectivity index (χ4v) is 2.90. The molecule has 0 aromatic heterocycles. The van der Waals surface area contributed by atoms with E-state index in [0.717, 1.165) is 36.0 Å². The lowest BCUT2D eigenvalue weighted by atomic mass is 10.1. The van der Waals surface area contributed by atoms with Gasteiger partial charge < -0.3 is 10.6 Å². The highest BCUT2D eigenvalue weighted by atomic mass is 79.9. The summed E-state index contributed by atoms with van der Waals surface area (Å²) in [6.07, 6.45) is 3.40. The van der Waals surface area contributed by atoms with Gasteiger partial charge in [0.15, 0.2) is 0 Å². The van der Waals surface area contributed by atoms with E-state index in [2.05, 4.69) is 26.6 Å². The molecule has 1 aliphatic rings. The average Bonchev–Trinajstić information content (AvgIpc) is 2.41. The van der Waals surface area contributed by atoms with Gasteiger partial charge in [-0.3, -0.25) is 4.79 Å². The van der Waals surface area contributed by atoms with E-state index in [1.807, 2.05) is 18.2 Å². The number of amides is 1. The van der Waals surface area contributed by atoms with Crippen LogP contribution < -0.4 is 10.6 Å². The molecule has 0 bridgehead atoms. The number of aryl methyl sites for hydroxylation is 1. The Morgan fingerprint density at radius 2 is 2.37 bits per heavy atom. The number of hydrogen-bond acceptors (Lipinski definition) is 2. The Hall–Kier alpha value is -0.580. The maximum atomic E-state index is 11.9. The lowest BCUT2D eigenvalue weighted by Gasteiger charge is -2.23. The normalized spacial score (nSPS) is 19.2. The maximum absolute atomic E-state index is 11.9. The van der Waals surface area contributed by atoms with Crippen molar-refractivity contribution in [1.82, 2.24) is 10.6 Å². The van der Waals surface area contributed by atoms with Crippen LogP contribution in [-0.2, 0) is 11.2 Å². The zero-order valence-electron chi connectivity index (χ0n) is 10.7. The molecule has 1 aromatic carbocycles. The van der Waals surface area contributed by atoms with Crippen LogP contribution in [0.15, 0.2) is 22.7 Å². The zero-order chi connectivity index (χ0) is 13.7. The van der Waals surface area contributed by atoms with Gasteiger partial charge in [0.2, 0.25) is 5.91 Å². The SMILES string of the molecule is O=C(CCc1cc(Cl)ccc1Br)NC1CCCNC1. The second kappa shape index (κ2) is 7.27. The van der Waals surface area contributed by atoms with E-state index in [1.165, 1.54) is 0 Å². The second-order valence-electron chi connectivity index (χ2n) is 4.85. The van der Waals surface area contributed by atoms with Crippen molar-refractivity contribution in [3.8, 4) is 0 Å². The lowest BCUT2D eigenvalue weighted by Crippen LogP contribution is -2.45. The predicted molar refractivity (Wildman–Crippen MR) is 81.5 cm³/mol. The number of carbonyl (C=O) groups excluding carboxylic acids is 1. The molecule has 1 aromatic rings. The number of rotatable bonds is 4. The predicted octanol–water partition coefficient (Wildman–Crippen LogP) is 2.90. The quantitative estimate of drug-likeness (QED) is 0.881. The van der Waals surface area contributed by atoms with Gasteiger partial charge in [0.25, 0.3) is 0 Å². The molecule has 1 fully saturated rings. The first kappa shape index (κ1) is 14.8. The molecule has 1 atom stereocenters. The van der Waals surface area contributed by atoms with Crippen LogP contribution in [0.2, 0.25) is 5.02 Å². The summed E-state index contributed by atoms with van der Waals surface area (Å²) in [5.41, 5.74) is 1.07. The van der Waals surface area contributed by atoms with E-state index in [9.17, 15) is 4.79 Å². The fraction of sp³-hybridized carbons (Fsp3) is 0.500. The number of piperidine rings is 1. The van der Waals surface area contributed by atoms with Crippen LogP contribution >= 0.6 is 27.5 Å². The minimum atomic E-state index is 0.112. The van der Waals surface area contributed by atoms with Crippen LogP contribution in [0.4, 0.5) is 0 Å². The zero-order valence-corrected chi connectivity index (χ0v) is 13.1. The number of benzene rings is 1. The van der Waals surface area contributed by atoms with Crippen molar-refractivity contribution in [2.24, 2.45) is 0 Å². The van der Waals surface area contributed by atoms with Crippen molar-refractivity contribution < 1.29 is 4.79 Å². The number of hydrogen-bond donors (Lipinski definition) is 2. The van der Waals surface area contributed by atoms with Gasteiger partial charge in [-0.05, 0) is 49.6 Å². The second-order valence-corrected chi connectivity index (χ2v) is 6.14. The first-order valence-electron chi connectivity index (χ1n) is 6.59. The van der Waals surface area contributed by atoms with Crippen molar-refractivity contribution in [3.63, 3.8) is 0 Å². The number of nitrogens with one attached hydrogen (secondary N) is 2. The van der Waals surface area contributed by atoms with Crippen molar-refractivity contribution in [2.45, 2.75) is 31.7 Å². The largest absolute Gasteiger partial charge is 0.352 e. The lowest BCUT2D eigenvalue weighted by molar-refractivity contribution is -0.121. The van der Waals surface area contributed by atoms with Gasteiger partial charge in [0.05, 0.1) is 0 Å². The van der Waals surface area contributed by atoms with Crippen molar-refractivity contribution in [2.75, 3.05) is 13.1 Å². The summed E-state index contributed by atoms with van der Waals surface area (Å²) in [6, 6.07) is 5.94. The summed E-state index contributed by atoms with van der Waals surface area (Å²) in [7, 11) is 0. The van der Waals surface area contributed by atoms with Gasteiger partial charge in [0.1, 0.15) is 0 Å². The molecule has 19 heavy (non-hydrogen) atoms. The van der Waals surface area contributed by atoms with Crippen LogP contribution in [0.25, 0.3) is 0 Å². The van der Waals surface area contributed by atoms with Crippen molar-refractivity contribution in [3.05, 3.63) is 33.3 Å². The molecule has 2 N–H and O–H groups in total. The van der Waals surface area contributed by atoms with Crippen LogP contribution in [0.1, 0.15) is 24.8 Å². The van der Waals surface area contributed by atoms with Gasteiger partial charge in [-0.1, -0.05) is 27.5 Å². The minimum absolute atomic E-state index is 0.112. The van der Waals surface area contributed by atoms with Gasteiger partial charge in [-0.15, -0.1) is 0 Å². The van der Waals surface area contributed by atoms with Crippen molar-refractivity contribution in [1.29, 1.82) is 0 Å². The highest BCUT2D eigenvalue weighted by Gasteiger charge is 2.15. The van der Waals surface area contributed by atoms with Gasteiger partial charge in [0, 0.05) is 28.5 Å². The van der Waals surface area contributed by atoms with Crippen LogP contribution in [0.5, 0.6) is 0 Å². The molecule has 2 rings (SSSR count). The molecule has 1 unspecified atom stereocenters. The third-order valence-electron chi connectivity index (χ3n) is 3.29. The molecule has 3 nitrogen and oxygen atoms in total. The molecule has 0 spiro atoms. The average molecular weight is 346 g/mol. The minimum Gasteiger partial charge on any atom is -0.352 e. The first-order valence-corrected chi connectivity index (χ1v) is 7.76.